The molecule has 0 aliphatic carbocycles. The minimum absolute atomic E-state index is 0.133. The minimum atomic E-state index is -0.133. The van der Waals surface area contributed by atoms with Crippen LogP contribution in [0.4, 0.5) is 5.69 Å². The van der Waals surface area contributed by atoms with E-state index >= 15 is 0 Å². The van der Waals surface area contributed by atoms with Crippen LogP contribution in [0.5, 0.6) is 0 Å². The third kappa shape index (κ3) is 4.54. The van der Waals surface area contributed by atoms with Gasteiger partial charge in [-0.05, 0) is 112 Å². The molecule has 1 aromatic heterocycles. The molecule has 1 N–H and O–H groups in total. The van der Waals surface area contributed by atoms with E-state index in [9.17, 15) is 4.79 Å². The van der Waals surface area contributed by atoms with Crippen LogP contribution >= 0.6 is 45.2 Å². The fraction of sp³-hybridized carbons (Fsp3) is 0.167. The van der Waals surface area contributed by atoms with Gasteiger partial charge in [0.2, 0.25) is 5.89 Å². The summed E-state index contributed by atoms with van der Waals surface area (Å²) in [6.07, 6.45) is 1.08. The van der Waals surface area contributed by atoms with Gasteiger partial charge in [-0.25, -0.2) is 4.98 Å². The van der Waals surface area contributed by atoms with Crippen LogP contribution in [0.15, 0.2) is 65.1 Å². The summed E-state index contributed by atoms with van der Waals surface area (Å²) < 4.78 is 7.91. The zero-order valence-electron chi connectivity index (χ0n) is 16.6. The van der Waals surface area contributed by atoms with Gasteiger partial charge >= 0.3 is 0 Å². The van der Waals surface area contributed by atoms with E-state index < -0.39 is 0 Å². The number of rotatable bonds is 5. The maximum absolute atomic E-state index is 12.7. The SMILES string of the molecule is CC[C@@H](C)c1ccc2oc(-c3cccc(NC(=O)c4cc(I)ccc4I)c3)nc2c1. The number of carbonyl (C=O) groups excluding carboxylic acids is 1. The highest BCUT2D eigenvalue weighted by Crippen LogP contribution is 2.29. The van der Waals surface area contributed by atoms with E-state index in [0.717, 1.165) is 30.2 Å². The molecule has 4 aromatic rings. The molecule has 0 aliphatic heterocycles. The third-order valence-electron chi connectivity index (χ3n) is 5.13. The van der Waals surface area contributed by atoms with Crippen LogP contribution < -0.4 is 5.32 Å². The molecule has 1 atom stereocenters. The monoisotopic (exact) mass is 622 g/mol. The fourth-order valence-electron chi connectivity index (χ4n) is 3.21. The van der Waals surface area contributed by atoms with Gasteiger partial charge in [0.15, 0.2) is 5.58 Å². The van der Waals surface area contributed by atoms with Crippen molar-refractivity contribution in [1.29, 1.82) is 0 Å². The van der Waals surface area contributed by atoms with Crippen molar-refractivity contribution < 1.29 is 9.21 Å². The number of benzene rings is 3. The second-order valence-corrected chi connectivity index (χ2v) is 9.62. The summed E-state index contributed by atoms with van der Waals surface area (Å²) in [6.45, 7) is 4.39. The fourth-order valence-corrected chi connectivity index (χ4v) is 4.28. The van der Waals surface area contributed by atoms with Gasteiger partial charge in [0, 0.05) is 18.4 Å². The number of aromatic nitrogens is 1. The molecule has 0 unspecified atom stereocenters. The Bertz CT molecular complexity index is 1230. The lowest BCUT2D eigenvalue weighted by molar-refractivity contribution is 0.102. The van der Waals surface area contributed by atoms with Crippen LogP contribution in [0.25, 0.3) is 22.6 Å². The molecule has 6 heteroatoms. The van der Waals surface area contributed by atoms with Crippen LogP contribution in [-0.2, 0) is 0 Å². The Hall–Kier alpha value is -1.94. The summed E-state index contributed by atoms with van der Waals surface area (Å²) >= 11 is 4.39. The van der Waals surface area contributed by atoms with Crippen molar-refractivity contribution in [3.8, 4) is 11.5 Å². The smallest absolute Gasteiger partial charge is 0.256 e. The third-order valence-corrected chi connectivity index (χ3v) is 6.75. The van der Waals surface area contributed by atoms with Crippen LogP contribution in [-0.4, -0.2) is 10.9 Å². The molecule has 152 valence electrons. The molecule has 0 fully saturated rings. The Balaban J connectivity index is 1.61. The van der Waals surface area contributed by atoms with Gasteiger partial charge in [-0.2, -0.15) is 0 Å². The molecule has 30 heavy (non-hydrogen) atoms. The Kier molecular flexibility index (Phi) is 6.43. The molecule has 1 amide bonds. The van der Waals surface area contributed by atoms with Crippen molar-refractivity contribution in [2.24, 2.45) is 0 Å². The molecule has 0 spiro atoms. The van der Waals surface area contributed by atoms with Gasteiger partial charge < -0.3 is 9.73 Å². The lowest BCUT2D eigenvalue weighted by atomic mass is 9.98. The average molecular weight is 622 g/mol. The van der Waals surface area contributed by atoms with Gasteiger partial charge in [-0.3, -0.25) is 4.79 Å². The van der Waals surface area contributed by atoms with Crippen LogP contribution in [0.1, 0.15) is 42.1 Å². The number of carbonyl (C=O) groups is 1. The van der Waals surface area contributed by atoms with E-state index in [2.05, 4.69) is 81.5 Å². The first kappa shape index (κ1) is 21.3. The van der Waals surface area contributed by atoms with Gasteiger partial charge in [-0.15, -0.1) is 0 Å². The zero-order chi connectivity index (χ0) is 21.3. The van der Waals surface area contributed by atoms with Crippen molar-refractivity contribution in [3.63, 3.8) is 0 Å². The zero-order valence-corrected chi connectivity index (χ0v) is 20.9. The van der Waals surface area contributed by atoms with Gasteiger partial charge in [0.1, 0.15) is 5.52 Å². The number of amides is 1. The van der Waals surface area contributed by atoms with E-state index in [0.29, 0.717) is 23.1 Å². The lowest BCUT2D eigenvalue weighted by Crippen LogP contribution is -2.13. The van der Waals surface area contributed by atoms with Crippen LogP contribution in [0.3, 0.4) is 0 Å². The second-order valence-electron chi connectivity index (χ2n) is 7.21. The summed E-state index contributed by atoms with van der Waals surface area (Å²) in [5.74, 6) is 0.897. The predicted octanol–water partition coefficient (Wildman–Crippen LogP) is 7.47. The largest absolute Gasteiger partial charge is 0.436 e. The summed E-state index contributed by atoms with van der Waals surface area (Å²) in [7, 11) is 0. The number of hydrogen-bond donors (Lipinski definition) is 1. The molecule has 4 rings (SSSR count). The molecular weight excluding hydrogens is 602 g/mol. The highest BCUT2D eigenvalue weighted by molar-refractivity contribution is 14.1. The number of hydrogen-bond acceptors (Lipinski definition) is 3. The summed E-state index contributed by atoms with van der Waals surface area (Å²) in [5.41, 5.74) is 5.07. The summed E-state index contributed by atoms with van der Waals surface area (Å²) in [6, 6.07) is 19.6. The second kappa shape index (κ2) is 9.05. The van der Waals surface area contributed by atoms with Crippen molar-refractivity contribution in [1.82, 2.24) is 4.98 Å². The molecule has 0 saturated heterocycles. The number of nitrogens with one attached hydrogen (secondary N) is 1. The Morgan fingerprint density at radius 2 is 1.93 bits per heavy atom. The lowest BCUT2D eigenvalue weighted by Gasteiger charge is -2.08. The molecule has 0 radical (unpaired) electrons. The van der Waals surface area contributed by atoms with Crippen LogP contribution in [0, 0.1) is 7.14 Å². The van der Waals surface area contributed by atoms with E-state index in [1.807, 2.05) is 48.5 Å². The Morgan fingerprint density at radius 3 is 2.73 bits per heavy atom. The molecule has 0 saturated carbocycles. The molecule has 4 nitrogen and oxygen atoms in total. The van der Waals surface area contributed by atoms with Crippen LogP contribution in [0.2, 0.25) is 0 Å². The molecule has 0 aliphatic rings. The average Bonchev–Trinajstić information content (AvgIpc) is 3.18. The van der Waals surface area contributed by atoms with Gasteiger partial charge in [-0.1, -0.05) is 26.0 Å². The summed E-state index contributed by atoms with van der Waals surface area (Å²) in [5, 5.41) is 2.99. The first-order valence-corrected chi connectivity index (χ1v) is 11.9. The Morgan fingerprint density at radius 1 is 1.10 bits per heavy atom. The van der Waals surface area contributed by atoms with Crippen molar-refractivity contribution in [2.75, 3.05) is 5.32 Å². The first-order valence-electron chi connectivity index (χ1n) is 9.72. The first-order chi connectivity index (χ1) is 14.4. The summed E-state index contributed by atoms with van der Waals surface area (Å²) in [4.78, 5) is 17.4. The normalized spacial score (nSPS) is 12.1. The minimum Gasteiger partial charge on any atom is -0.436 e. The van der Waals surface area contributed by atoms with E-state index in [4.69, 9.17) is 4.42 Å². The van der Waals surface area contributed by atoms with Crippen molar-refractivity contribution >= 4 is 67.9 Å². The predicted molar refractivity (Wildman–Crippen MR) is 138 cm³/mol. The van der Waals surface area contributed by atoms with E-state index in [1.165, 1.54) is 5.56 Å². The van der Waals surface area contributed by atoms with E-state index in [-0.39, 0.29) is 5.91 Å². The topological polar surface area (TPSA) is 55.1 Å². The van der Waals surface area contributed by atoms with Crippen molar-refractivity contribution in [3.05, 3.63) is 78.9 Å². The molecule has 0 bridgehead atoms. The van der Waals surface area contributed by atoms with Gasteiger partial charge in [0.25, 0.3) is 5.91 Å². The number of fused-ring (bicyclic) bond motifs is 1. The van der Waals surface area contributed by atoms with E-state index in [1.54, 1.807) is 0 Å². The number of oxazole rings is 1. The quantitative estimate of drug-likeness (QED) is 0.235. The molecular formula is C24H20I2N2O2. The Labute approximate surface area is 202 Å². The number of nitrogens with zero attached hydrogens (tertiary/aromatic N) is 1. The maximum Gasteiger partial charge on any atom is 0.256 e. The van der Waals surface area contributed by atoms with Crippen molar-refractivity contribution in [2.45, 2.75) is 26.2 Å². The molecule has 1 heterocycles. The number of anilines is 1. The van der Waals surface area contributed by atoms with Gasteiger partial charge in [0.05, 0.1) is 5.56 Å². The highest BCUT2D eigenvalue weighted by Gasteiger charge is 2.14. The maximum atomic E-state index is 12.7. The molecule has 3 aromatic carbocycles. The number of halogens is 2. The standard InChI is InChI=1S/C24H20I2N2O2/c1-3-14(2)15-7-10-22-21(12-15)28-24(30-22)16-5-4-6-18(11-16)27-23(29)19-13-17(25)8-9-20(19)26/h4-14H,3H2,1-2H3,(H,27,29)/t14-/m1/s1. The highest BCUT2D eigenvalue weighted by atomic mass is 127.